The number of rotatable bonds is 10. The molecule has 4 nitrogen and oxygen atoms in total. The highest BCUT2D eigenvalue weighted by molar-refractivity contribution is 5.95. The van der Waals surface area contributed by atoms with Gasteiger partial charge in [-0.3, -0.25) is 0 Å². The van der Waals surface area contributed by atoms with Crippen molar-refractivity contribution in [2.75, 3.05) is 7.11 Å². The van der Waals surface area contributed by atoms with E-state index in [4.69, 9.17) is 9.47 Å². The molecule has 0 unspecified atom stereocenters. The lowest BCUT2D eigenvalue weighted by Crippen LogP contribution is -2.11. The lowest BCUT2D eigenvalue weighted by molar-refractivity contribution is 0.0467. The molecule has 0 aliphatic heterocycles. The van der Waals surface area contributed by atoms with Gasteiger partial charge in [-0.2, -0.15) is 0 Å². The average molecular weight is 397 g/mol. The Kier molecular flexibility index (Phi) is 8.78. The zero-order valence-electron chi connectivity index (χ0n) is 18.0. The number of unbranched alkanes of at least 4 members (excludes halogenated alkanes) is 2. The molecular weight excluding hydrogens is 364 g/mol. The van der Waals surface area contributed by atoms with Crippen molar-refractivity contribution >= 4 is 5.97 Å². The van der Waals surface area contributed by atoms with Gasteiger partial charge in [-0.25, -0.2) is 4.79 Å². The summed E-state index contributed by atoms with van der Waals surface area (Å²) >= 11 is 0. The molecule has 0 fully saturated rings. The Hall–Kier alpha value is -2.75. The van der Waals surface area contributed by atoms with Crippen LogP contribution in [-0.4, -0.2) is 18.2 Å². The van der Waals surface area contributed by atoms with Gasteiger partial charge in [0.05, 0.1) is 7.11 Å². The predicted molar refractivity (Wildman–Crippen MR) is 117 cm³/mol. The highest BCUT2D eigenvalue weighted by Gasteiger charge is 2.24. The second-order valence-corrected chi connectivity index (χ2v) is 7.44. The Morgan fingerprint density at radius 3 is 2.48 bits per heavy atom. The van der Waals surface area contributed by atoms with Crippen molar-refractivity contribution in [3.05, 3.63) is 70.3 Å². The molecule has 2 aromatic carbocycles. The maximum atomic E-state index is 12.9. The van der Waals surface area contributed by atoms with Crippen molar-refractivity contribution < 1.29 is 19.4 Å². The van der Waals surface area contributed by atoms with E-state index >= 15 is 0 Å². The summed E-state index contributed by atoms with van der Waals surface area (Å²) in [6.07, 6.45) is 6.26. The quantitative estimate of drug-likeness (QED) is 0.304. The minimum absolute atomic E-state index is 0.0357. The van der Waals surface area contributed by atoms with E-state index in [1.807, 2.05) is 56.3 Å². The van der Waals surface area contributed by atoms with E-state index in [1.54, 1.807) is 7.11 Å². The second kappa shape index (κ2) is 11.3. The number of methoxy groups -OCH3 is 1. The number of hydrogen-bond acceptors (Lipinski definition) is 4. The summed E-state index contributed by atoms with van der Waals surface area (Å²) in [5.74, 6) is 0.0662. The highest BCUT2D eigenvalue weighted by atomic mass is 16.5. The Morgan fingerprint density at radius 2 is 1.86 bits per heavy atom. The second-order valence-electron chi connectivity index (χ2n) is 7.44. The molecule has 29 heavy (non-hydrogen) atoms. The van der Waals surface area contributed by atoms with E-state index in [2.05, 4.69) is 6.92 Å². The molecule has 0 saturated carbocycles. The van der Waals surface area contributed by atoms with E-state index in [0.717, 1.165) is 36.0 Å². The van der Waals surface area contributed by atoms with Crippen LogP contribution in [-0.2, 0) is 24.2 Å². The molecular formula is C25H32O4. The standard InChI is InChI=1S/C25H32O4/c1-5-6-8-13-20-16-22(28-4)21(15-14-18(2)3)24(26)23(20)25(27)29-17-19-11-9-7-10-12-19/h7,9-12,14,16,26H,5-6,8,13,15,17H2,1-4H3. The number of aryl methyl sites for hydroxylation is 1. The minimum Gasteiger partial charge on any atom is -0.507 e. The van der Waals surface area contributed by atoms with Crippen LogP contribution in [0, 0.1) is 0 Å². The molecule has 0 heterocycles. The Balaban J connectivity index is 2.39. The van der Waals surface area contributed by atoms with Crippen molar-refractivity contribution in [3.63, 3.8) is 0 Å². The van der Waals surface area contributed by atoms with Gasteiger partial charge in [-0.05, 0) is 50.3 Å². The monoisotopic (exact) mass is 396 g/mol. The largest absolute Gasteiger partial charge is 0.507 e. The number of esters is 1. The number of phenols is 1. The molecule has 1 N–H and O–H groups in total. The van der Waals surface area contributed by atoms with Gasteiger partial charge in [-0.1, -0.05) is 61.7 Å². The highest BCUT2D eigenvalue weighted by Crippen LogP contribution is 2.36. The van der Waals surface area contributed by atoms with Gasteiger partial charge in [0.2, 0.25) is 0 Å². The fraction of sp³-hybridized carbons (Fsp3) is 0.400. The van der Waals surface area contributed by atoms with Gasteiger partial charge >= 0.3 is 5.97 Å². The Labute approximate surface area is 174 Å². The SMILES string of the molecule is CCCCCc1cc(OC)c(CC=C(C)C)c(O)c1C(=O)OCc1ccccc1. The van der Waals surface area contributed by atoms with Crippen LogP contribution in [0.25, 0.3) is 0 Å². The first-order chi connectivity index (χ1) is 14.0. The molecule has 4 heteroatoms. The van der Waals surface area contributed by atoms with Crippen LogP contribution in [0.5, 0.6) is 11.5 Å². The number of hydrogen-bond donors (Lipinski definition) is 1. The maximum absolute atomic E-state index is 12.9. The molecule has 0 saturated heterocycles. The predicted octanol–water partition coefficient (Wildman–Crippen LogP) is 6.00. The summed E-state index contributed by atoms with van der Waals surface area (Å²) in [6.45, 7) is 6.30. The van der Waals surface area contributed by atoms with E-state index in [-0.39, 0.29) is 17.9 Å². The smallest absolute Gasteiger partial charge is 0.342 e. The third-order valence-electron chi connectivity index (χ3n) is 4.85. The number of phenolic OH excluding ortho intramolecular Hbond substituents is 1. The van der Waals surface area contributed by atoms with E-state index < -0.39 is 5.97 Å². The molecule has 0 bridgehead atoms. The molecule has 0 spiro atoms. The summed E-state index contributed by atoms with van der Waals surface area (Å²) in [7, 11) is 1.59. The van der Waals surface area contributed by atoms with Crippen LogP contribution >= 0.6 is 0 Å². The molecule has 2 aromatic rings. The molecule has 156 valence electrons. The zero-order valence-corrected chi connectivity index (χ0v) is 18.0. The lowest BCUT2D eigenvalue weighted by Gasteiger charge is -2.17. The van der Waals surface area contributed by atoms with Crippen molar-refractivity contribution in [1.29, 1.82) is 0 Å². The van der Waals surface area contributed by atoms with Gasteiger partial charge in [0.15, 0.2) is 0 Å². The lowest BCUT2D eigenvalue weighted by atomic mass is 9.95. The summed E-state index contributed by atoms with van der Waals surface area (Å²) < 4.78 is 11.1. The minimum atomic E-state index is -0.501. The maximum Gasteiger partial charge on any atom is 0.342 e. The van der Waals surface area contributed by atoms with Crippen LogP contribution in [0.1, 0.15) is 67.1 Å². The van der Waals surface area contributed by atoms with Crippen molar-refractivity contribution in [2.24, 2.45) is 0 Å². The third kappa shape index (κ3) is 6.38. The van der Waals surface area contributed by atoms with Gasteiger partial charge in [-0.15, -0.1) is 0 Å². The molecule has 0 atom stereocenters. The summed E-state index contributed by atoms with van der Waals surface area (Å²) in [6, 6.07) is 11.4. The topological polar surface area (TPSA) is 55.8 Å². The summed E-state index contributed by atoms with van der Waals surface area (Å²) in [5.41, 5.74) is 3.68. The van der Waals surface area contributed by atoms with Crippen molar-refractivity contribution in [2.45, 2.75) is 59.5 Å². The van der Waals surface area contributed by atoms with Crippen LogP contribution in [0.15, 0.2) is 48.0 Å². The summed E-state index contributed by atoms with van der Waals surface area (Å²) in [4.78, 5) is 12.9. The number of carbonyl (C=O) groups is 1. The van der Waals surface area contributed by atoms with Crippen LogP contribution < -0.4 is 4.74 Å². The van der Waals surface area contributed by atoms with Crippen LogP contribution in [0.4, 0.5) is 0 Å². The van der Waals surface area contributed by atoms with Crippen LogP contribution in [0.3, 0.4) is 0 Å². The van der Waals surface area contributed by atoms with Crippen molar-refractivity contribution in [1.82, 2.24) is 0 Å². The summed E-state index contributed by atoms with van der Waals surface area (Å²) in [5, 5.41) is 11.0. The fourth-order valence-corrected chi connectivity index (χ4v) is 3.21. The van der Waals surface area contributed by atoms with E-state index in [9.17, 15) is 9.90 Å². The molecule has 0 aliphatic carbocycles. The molecule has 2 rings (SSSR count). The van der Waals surface area contributed by atoms with Gasteiger partial charge in [0, 0.05) is 5.56 Å². The number of benzene rings is 2. The number of allylic oxidation sites excluding steroid dienone is 2. The fourth-order valence-electron chi connectivity index (χ4n) is 3.21. The number of aromatic hydroxyl groups is 1. The van der Waals surface area contributed by atoms with E-state index in [1.165, 1.54) is 0 Å². The van der Waals surface area contributed by atoms with Gasteiger partial charge in [0.1, 0.15) is 23.7 Å². The molecule has 0 aliphatic rings. The normalized spacial score (nSPS) is 10.5. The van der Waals surface area contributed by atoms with Gasteiger partial charge in [0.25, 0.3) is 0 Å². The van der Waals surface area contributed by atoms with Crippen LogP contribution in [0.2, 0.25) is 0 Å². The molecule has 0 aromatic heterocycles. The first-order valence-electron chi connectivity index (χ1n) is 10.2. The Morgan fingerprint density at radius 1 is 1.14 bits per heavy atom. The first-order valence-corrected chi connectivity index (χ1v) is 10.2. The number of carbonyl (C=O) groups excluding carboxylic acids is 1. The average Bonchev–Trinajstić information content (AvgIpc) is 2.71. The van der Waals surface area contributed by atoms with Gasteiger partial charge < -0.3 is 14.6 Å². The van der Waals surface area contributed by atoms with E-state index in [0.29, 0.717) is 24.2 Å². The third-order valence-corrected chi connectivity index (χ3v) is 4.85. The molecule has 0 amide bonds. The van der Waals surface area contributed by atoms with Crippen molar-refractivity contribution in [3.8, 4) is 11.5 Å². The Bertz CT molecular complexity index is 834. The number of ether oxygens (including phenoxy) is 2. The molecule has 0 radical (unpaired) electrons. The first kappa shape index (κ1) is 22.5. The zero-order chi connectivity index (χ0) is 21.2.